The molecule has 0 unspecified atom stereocenters. The number of amides is 3. The minimum atomic E-state index is -0.235. The van der Waals surface area contributed by atoms with Crippen LogP contribution in [0.2, 0.25) is 0 Å². The Bertz CT molecular complexity index is 825. The molecule has 2 saturated carbocycles. The van der Waals surface area contributed by atoms with Crippen molar-refractivity contribution >= 4 is 23.4 Å². The SMILES string of the molecule is COc1ccc(N(CN2C(=O)[C@@H]3[C@H]4C=C[C@@H]([C@@H]5C[C@H]45)[C@H]3C2=O)C(C)=O)cc1. The highest BCUT2D eigenvalue weighted by molar-refractivity contribution is 6.07. The monoisotopic (exact) mass is 366 g/mol. The van der Waals surface area contributed by atoms with Crippen LogP contribution in [-0.4, -0.2) is 36.4 Å². The van der Waals surface area contributed by atoms with Gasteiger partial charge in [0, 0.05) is 12.6 Å². The van der Waals surface area contributed by atoms with Crippen LogP contribution >= 0.6 is 0 Å². The molecule has 27 heavy (non-hydrogen) atoms. The van der Waals surface area contributed by atoms with Crippen LogP contribution in [-0.2, 0) is 14.4 Å². The van der Waals surface area contributed by atoms with Gasteiger partial charge in [-0.25, -0.2) is 0 Å². The van der Waals surface area contributed by atoms with Gasteiger partial charge in [-0.15, -0.1) is 0 Å². The number of likely N-dealkylation sites (tertiary alicyclic amines) is 1. The lowest BCUT2D eigenvalue weighted by molar-refractivity contribution is -0.140. The molecule has 140 valence electrons. The van der Waals surface area contributed by atoms with Crippen LogP contribution in [0.25, 0.3) is 0 Å². The van der Waals surface area contributed by atoms with Crippen molar-refractivity contribution in [2.75, 3.05) is 18.7 Å². The molecule has 3 fully saturated rings. The highest BCUT2D eigenvalue weighted by Crippen LogP contribution is 2.65. The largest absolute Gasteiger partial charge is 0.497 e. The lowest BCUT2D eigenvalue weighted by Gasteiger charge is -2.37. The molecule has 5 aliphatic rings. The smallest absolute Gasteiger partial charge is 0.235 e. The fraction of sp³-hybridized carbons (Fsp3) is 0.476. The summed E-state index contributed by atoms with van der Waals surface area (Å²) in [6, 6.07) is 7.05. The number of hydrogen-bond donors (Lipinski definition) is 0. The number of methoxy groups -OCH3 is 1. The van der Waals surface area contributed by atoms with Crippen molar-refractivity contribution in [1.29, 1.82) is 0 Å². The van der Waals surface area contributed by atoms with Crippen LogP contribution < -0.4 is 9.64 Å². The lowest BCUT2D eigenvalue weighted by atomic mass is 9.63. The van der Waals surface area contributed by atoms with Gasteiger partial charge in [-0.1, -0.05) is 12.2 Å². The molecule has 6 rings (SSSR count). The summed E-state index contributed by atoms with van der Waals surface area (Å²) >= 11 is 0. The molecule has 3 amide bonds. The van der Waals surface area contributed by atoms with Crippen LogP contribution in [0.1, 0.15) is 13.3 Å². The second-order valence-corrected chi connectivity index (χ2v) is 8.05. The van der Waals surface area contributed by atoms with Gasteiger partial charge in [-0.05, 0) is 54.4 Å². The molecule has 1 aromatic carbocycles. The number of hydrogen-bond acceptors (Lipinski definition) is 4. The Labute approximate surface area is 157 Å². The molecule has 0 N–H and O–H groups in total. The second kappa shape index (κ2) is 5.68. The van der Waals surface area contributed by atoms with E-state index in [0.29, 0.717) is 23.3 Å². The number of imide groups is 1. The zero-order valence-electron chi connectivity index (χ0n) is 15.4. The van der Waals surface area contributed by atoms with Crippen LogP contribution in [0.15, 0.2) is 36.4 Å². The van der Waals surface area contributed by atoms with E-state index in [9.17, 15) is 14.4 Å². The third-order valence-corrected chi connectivity index (χ3v) is 6.80. The number of ether oxygens (including phenoxy) is 1. The molecule has 1 saturated heterocycles. The number of nitrogens with zero attached hydrogens (tertiary/aromatic N) is 2. The van der Waals surface area contributed by atoms with Crippen LogP contribution in [0.4, 0.5) is 5.69 Å². The topological polar surface area (TPSA) is 66.9 Å². The van der Waals surface area contributed by atoms with Gasteiger partial charge < -0.3 is 4.74 Å². The first kappa shape index (κ1) is 16.5. The normalized spacial score (nSPS) is 35.1. The summed E-state index contributed by atoms with van der Waals surface area (Å²) in [5.41, 5.74) is 0.641. The van der Waals surface area contributed by atoms with Crippen molar-refractivity contribution in [1.82, 2.24) is 4.90 Å². The standard InChI is InChI=1S/C21H22N2O4/c1-11(24)22(12-3-5-13(27-2)6-4-12)10-23-20(25)18-14-7-8-15(17-9-16(14)17)19(18)21(23)26/h3-8,14-19H,9-10H2,1-2H3/t14-,15-,16-,17+,18+,19+/m0/s1. The van der Waals surface area contributed by atoms with E-state index in [4.69, 9.17) is 4.74 Å². The second-order valence-electron chi connectivity index (χ2n) is 8.05. The zero-order valence-corrected chi connectivity index (χ0v) is 15.4. The highest BCUT2D eigenvalue weighted by atomic mass is 16.5. The van der Waals surface area contributed by atoms with E-state index < -0.39 is 0 Å². The van der Waals surface area contributed by atoms with Gasteiger partial charge in [0.05, 0.1) is 18.9 Å². The molecule has 4 aliphatic carbocycles. The first-order valence-corrected chi connectivity index (χ1v) is 9.47. The van der Waals surface area contributed by atoms with Gasteiger partial charge in [-0.3, -0.25) is 24.2 Å². The molecule has 6 atom stereocenters. The first-order chi connectivity index (χ1) is 13.0. The third-order valence-electron chi connectivity index (χ3n) is 6.80. The fourth-order valence-electron chi connectivity index (χ4n) is 5.42. The van der Waals surface area contributed by atoms with E-state index in [2.05, 4.69) is 12.2 Å². The predicted molar refractivity (Wildman–Crippen MR) is 97.6 cm³/mol. The average Bonchev–Trinajstić information content (AvgIpc) is 3.46. The maximum atomic E-state index is 13.1. The number of allylic oxidation sites excluding steroid dienone is 2. The maximum absolute atomic E-state index is 13.1. The Morgan fingerprint density at radius 2 is 1.63 bits per heavy atom. The minimum absolute atomic E-state index is 0.0267. The Balaban J connectivity index is 1.42. The fourth-order valence-corrected chi connectivity index (χ4v) is 5.42. The van der Waals surface area contributed by atoms with Gasteiger partial charge >= 0.3 is 0 Å². The Kier molecular flexibility index (Phi) is 3.48. The summed E-state index contributed by atoms with van der Waals surface area (Å²) in [6.07, 6.45) is 5.45. The van der Waals surface area contributed by atoms with Crippen molar-refractivity contribution in [2.24, 2.45) is 35.5 Å². The summed E-state index contributed by atoms with van der Waals surface area (Å²) in [5, 5.41) is 0. The van der Waals surface area contributed by atoms with E-state index in [-0.39, 0.29) is 48.1 Å². The predicted octanol–water partition coefficient (Wildman–Crippen LogP) is 2.06. The molecule has 1 aliphatic heterocycles. The summed E-state index contributed by atoms with van der Waals surface area (Å²) in [4.78, 5) is 41.2. The summed E-state index contributed by atoms with van der Waals surface area (Å²) < 4.78 is 5.16. The van der Waals surface area contributed by atoms with Crippen molar-refractivity contribution in [3.05, 3.63) is 36.4 Å². The van der Waals surface area contributed by atoms with Crippen molar-refractivity contribution in [3.63, 3.8) is 0 Å². The van der Waals surface area contributed by atoms with Crippen LogP contribution in [0.3, 0.4) is 0 Å². The summed E-state index contributed by atoms with van der Waals surface area (Å²) in [6.45, 7) is 1.42. The first-order valence-electron chi connectivity index (χ1n) is 9.47. The van der Waals surface area contributed by atoms with E-state index >= 15 is 0 Å². The lowest BCUT2D eigenvalue weighted by Crippen LogP contribution is -2.44. The zero-order chi connectivity index (χ0) is 18.9. The third kappa shape index (κ3) is 2.28. The molecular weight excluding hydrogens is 344 g/mol. The molecule has 0 aromatic heterocycles. The van der Waals surface area contributed by atoms with Gasteiger partial charge in [-0.2, -0.15) is 0 Å². The number of benzene rings is 1. The molecular formula is C21H22N2O4. The van der Waals surface area contributed by atoms with Crippen molar-refractivity contribution < 1.29 is 19.1 Å². The Hall–Kier alpha value is -2.63. The quantitative estimate of drug-likeness (QED) is 0.604. The minimum Gasteiger partial charge on any atom is -0.497 e. The summed E-state index contributed by atoms with van der Waals surface area (Å²) in [7, 11) is 1.58. The highest BCUT2D eigenvalue weighted by Gasteiger charge is 2.67. The number of carbonyl (C=O) groups is 3. The Morgan fingerprint density at radius 3 is 2.11 bits per heavy atom. The van der Waals surface area contributed by atoms with E-state index in [0.717, 1.165) is 6.42 Å². The van der Waals surface area contributed by atoms with Crippen LogP contribution in [0, 0.1) is 35.5 Å². The van der Waals surface area contributed by atoms with Crippen LogP contribution in [0.5, 0.6) is 5.75 Å². The van der Waals surface area contributed by atoms with Gasteiger partial charge in [0.25, 0.3) is 0 Å². The molecule has 2 bridgehead atoms. The molecule has 6 heteroatoms. The number of carbonyl (C=O) groups excluding carboxylic acids is 3. The Morgan fingerprint density at radius 1 is 1.07 bits per heavy atom. The van der Waals surface area contributed by atoms with Gasteiger partial charge in [0.1, 0.15) is 12.4 Å². The number of anilines is 1. The van der Waals surface area contributed by atoms with E-state index in [1.165, 1.54) is 16.7 Å². The number of rotatable bonds is 4. The summed E-state index contributed by atoms with van der Waals surface area (Å²) in [5.74, 6) is 1.30. The maximum Gasteiger partial charge on any atom is 0.235 e. The molecule has 1 heterocycles. The molecule has 0 spiro atoms. The van der Waals surface area contributed by atoms with Gasteiger partial charge in [0.2, 0.25) is 17.7 Å². The average molecular weight is 366 g/mol. The molecule has 0 radical (unpaired) electrons. The molecule has 6 nitrogen and oxygen atoms in total. The van der Waals surface area contributed by atoms with Crippen molar-refractivity contribution in [2.45, 2.75) is 13.3 Å². The van der Waals surface area contributed by atoms with E-state index in [1.54, 1.807) is 31.4 Å². The van der Waals surface area contributed by atoms with Crippen molar-refractivity contribution in [3.8, 4) is 5.75 Å². The van der Waals surface area contributed by atoms with Gasteiger partial charge in [0.15, 0.2) is 0 Å². The molecule has 1 aromatic rings. The van der Waals surface area contributed by atoms with E-state index in [1.807, 2.05) is 0 Å².